The maximum absolute atomic E-state index is 3.40. The second kappa shape index (κ2) is 4.24. The van der Waals surface area contributed by atoms with Crippen molar-refractivity contribution in [1.29, 1.82) is 0 Å². The van der Waals surface area contributed by atoms with Gasteiger partial charge in [0.05, 0.1) is 0 Å². The van der Waals surface area contributed by atoms with Crippen LogP contribution in [0, 0.1) is 5.92 Å². The van der Waals surface area contributed by atoms with Gasteiger partial charge in [0, 0.05) is 32.7 Å². The Morgan fingerprint density at radius 2 is 1.75 bits per heavy atom. The van der Waals surface area contributed by atoms with E-state index in [9.17, 15) is 0 Å². The molecule has 0 spiro atoms. The fourth-order valence-electron chi connectivity index (χ4n) is 2.45. The average molecular weight is 168 g/mol. The van der Waals surface area contributed by atoms with E-state index in [4.69, 9.17) is 0 Å². The molecular weight excluding hydrogens is 148 g/mol. The molecular formula is C10H20N2. The molecule has 1 saturated heterocycles. The van der Waals surface area contributed by atoms with Crippen LogP contribution in [0.15, 0.2) is 0 Å². The summed E-state index contributed by atoms with van der Waals surface area (Å²) in [4.78, 5) is 2.63. The molecule has 1 saturated carbocycles. The highest BCUT2D eigenvalue weighted by Gasteiger charge is 2.19. The Morgan fingerprint density at radius 1 is 1.08 bits per heavy atom. The molecule has 0 bridgehead atoms. The van der Waals surface area contributed by atoms with Crippen molar-refractivity contribution < 1.29 is 0 Å². The first kappa shape index (κ1) is 8.52. The zero-order valence-corrected chi connectivity index (χ0v) is 7.89. The quantitative estimate of drug-likeness (QED) is 0.664. The number of nitrogens with zero attached hydrogens (tertiary/aromatic N) is 1. The van der Waals surface area contributed by atoms with Gasteiger partial charge in [0.15, 0.2) is 0 Å². The number of hydrogen-bond donors (Lipinski definition) is 1. The second-order valence-electron chi connectivity index (χ2n) is 4.20. The summed E-state index contributed by atoms with van der Waals surface area (Å²) in [6.45, 7) is 6.33. The molecule has 1 aliphatic carbocycles. The van der Waals surface area contributed by atoms with E-state index in [1.54, 1.807) is 0 Å². The Labute approximate surface area is 75.3 Å². The lowest BCUT2D eigenvalue weighted by molar-refractivity contribution is 0.207. The molecule has 1 aliphatic heterocycles. The molecule has 0 aromatic heterocycles. The van der Waals surface area contributed by atoms with Crippen molar-refractivity contribution in [2.45, 2.75) is 25.7 Å². The van der Waals surface area contributed by atoms with Gasteiger partial charge in [0.2, 0.25) is 0 Å². The third-order valence-corrected chi connectivity index (χ3v) is 3.20. The molecule has 2 rings (SSSR count). The topological polar surface area (TPSA) is 15.3 Å². The van der Waals surface area contributed by atoms with Gasteiger partial charge in [-0.15, -0.1) is 0 Å². The van der Waals surface area contributed by atoms with E-state index < -0.39 is 0 Å². The van der Waals surface area contributed by atoms with Crippen LogP contribution in [0.1, 0.15) is 25.7 Å². The average Bonchev–Trinajstić information content (AvgIpc) is 2.59. The van der Waals surface area contributed by atoms with Gasteiger partial charge in [-0.3, -0.25) is 0 Å². The molecule has 2 heteroatoms. The summed E-state index contributed by atoms with van der Waals surface area (Å²) < 4.78 is 0. The van der Waals surface area contributed by atoms with Crippen LogP contribution in [0.5, 0.6) is 0 Å². The molecule has 0 atom stereocenters. The lowest BCUT2D eigenvalue weighted by atomic mass is 10.1. The molecule has 2 nitrogen and oxygen atoms in total. The summed E-state index contributed by atoms with van der Waals surface area (Å²) in [5, 5.41) is 3.40. The van der Waals surface area contributed by atoms with Gasteiger partial charge in [-0.1, -0.05) is 12.8 Å². The van der Waals surface area contributed by atoms with Crippen molar-refractivity contribution in [3.63, 3.8) is 0 Å². The first-order valence-electron chi connectivity index (χ1n) is 5.38. The van der Waals surface area contributed by atoms with Gasteiger partial charge in [0.25, 0.3) is 0 Å². The van der Waals surface area contributed by atoms with E-state index in [2.05, 4.69) is 10.2 Å². The van der Waals surface area contributed by atoms with Gasteiger partial charge in [-0.2, -0.15) is 0 Å². The maximum atomic E-state index is 3.40. The monoisotopic (exact) mass is 168 g/mol. The second-order valence-corrected chi connectivity index (χ2v) is 4.20. The zero-order chi connectivity index (χ0) is 8.23. The van der Waals surface area contributed by atoms with Crippen molar-refractivity contribution in [2.24, 2.45) is 5.92 Å². The van der Waals surface area contributed by atoms with E-state index in [-0.39, 0.29) is 0 Å². The van der Waals surface area contributed by atoms with Crippen LogP contribution in [-0.2, 0) is 0 Å². The summed E-state index contributed by atoms with van der Waals surface area (Å²) in [6, 6.07) is 0. The molecule has 0 unspecified atom stereocenters. The van der Waals surface area contributed by atoms with Crippen LogP contribution in [0.2, 0.25) is 0 Å². The van der Waals surface area contributed by atoms with E-state index in [1.807, 2.05) is 0 Å². The van der Waals surface area contributed by atoms with Gasteiger partial charge < -0.3 is 10.2 Å². The minimum Gasteiger partial charge on any atom is -0.314 e. The van der Waals surface area contributed by atoms with E-state index in [0.717, 1.165) is 5.92 Å². The summed E-state index contributed by atoms with van der Waals surface area (Å²) >= 11 is 0. The van der Waals surface area contributed by atoms with Gasteiger partial charge >= 0.3 is 0 Å². The Balaban J connectivity index is 1.69. The number of rotatable bonds is 2. The Hall–Kier alpha value is -0.0800. The van der Waals surface area contributed by atoms with E-state index >= 15 is 0 Å². The van der Waals surface area contributed by atoms with Crippen LogP contribution in [0.4, 0.5) is 0 Å². The molecule has 70 valence electrons. The summed E-state index contributed by atoms with van der Waals surface area (Å²) in [5.41, 5.74) is 0. The fourth-order valence-corrected chi connectivity index (χ4v) is 2.45. The minimum absolute atomic E-state index is 1.03. The molecule has 1 N–H and O–H groups in total. The number of piperazine rings is 1. The van der Waals surface area contributed by atoms with Crippen LogP contribution >= 0.6 is 0 Å². The molecule has 0 aromatic rings. The molecule has 2 fully saturated rings. The molecule has 0 aromatic carbocycles. The third kappa shape index (κ3) is 2.20. The van der Waals surface area contributed by atoms with Crippen LogP contribution in [0.25, 0.3) is 0 Å². The largest absolute Gasteiger partial charge is 0.314 e. The van der Waals surface area contributed by atoms with E-state index in [0.29, 0.717) is 0 Å². The summed E-state index contributed by atoms with van der Waals surface area (Å²) in [6.07, 6.45) is 5.95. The standard InChI is InChI=1S/C10H20N2/c1-2-4-10(3-1)9-12-7-5-11-6-8-12/h10-11H,1-9H2. The van der Waals surface area contributed by atoms with Crippen LogP contribution in [-0.4, -0.2) is 37.6 Å². The first-order valence-corrected chi connectivity index (χ1v) is 5.38. The van der Waals surface area contributed by atoms with Crippen LogP contribution < -0.4 is 5.32 Å². The highest BCUT2D eigenvalue weighted by molar-refractivity contribution is 4.74. The predicted octanol–water partition coefficient (Wildman–Crippen LogP) is 1.08. The Kier molecular flexibility index (Phi) is 3.01. The predicted molar refractivity (Wildman–Crippen MR) is 51.3 cm³/mol. The third-order valence-electron chi connectivity index (χ3n) is 3.20. The molecule has 0 amide bonds. The van der Waals surface area contributed by atoms with Gasteiger partial charge in [-0.25, -0.2) is 0 Å². The SMILES string of the molecule is C1CCC(CN2CCNCC2)C1. The van der Waals surface area contributed by atoms with Crippen molar-refractivity contribution in [1.82, 2.24) is 10.2 Å². The van der Waals surface area contributed by atoms with Crippen LogP contribution in [0.3, 0.4) is 0 Å². The number of hydrogen-bond acceptors (Lipinski definition) is 2. The zero-order valence-electron chi connectivity index (χ0n) is 7.89. The van der Waals surface area contributed by atoms with Gasteiger partial charge in [-0.05, 0) is 18.8 Å². The highest BCUT2D eigenvalue weighted by atomic mass is 15.2. The van der Waals surface area contributed by atoms with Crippen molar-refractivity contribution in [3.8, 4) is 0 Å². The van der Waals surface area contributed by atoms with Crippen molar-refractivity contribution in [2.75, 3.05) is 32.7 Å². The van der Waals surface area contributed by atoms with Crippen molar-refractivity contribution >= 4 is 0 Å². The molecule has 1 heterocycles. The smallest absolute Gasteiger partial charge is 0.0107 e. The normalized spacial score (nSPS) is 28.0. The van der Waals surface area contributed by atoms with Gasteiger partial charge in [0.1, 0.15) is 0 Å². The highest BCUT2D eigenvalue weighted by Crippen LogP contribution is 2.25. The number of nitrogens with one attached hydrogen (secondary N) is 1. The maximum Gasteiger partial charge on any atom is 0.0107 e. The van der Waals surface area contributed by atoms with E-state index in [1.165, 1.54) is 58.4 Å². The fraction of sp³-hybridized carbons (Fsp3) is 1.00. The molecule has 0 radical (unpaired) electrons. The summed E-state index contributed by atoms with van der Waals surface area (Å²) in [7, 11) is 0. The first-order chi connectivity index (χ1) is 5.95. The molecule has 2 aliphatic rings. The van der Waals surface area contributed by atoms with Crippen molar-refractivity contribution in [3.05, 3.63) is 0 Å². The molecule has 12 heavy (non-hydrogen) atoms. The lowest BCUT2D eigenvalue weighted by Crippen LogP contribution is -2.45. The minimum atomic E-state index is 1.03. The lowest BCUT2D eigenvalue weighted by Gasteiger charge is -2.29. The Bertz CT molecular complexity index is 124. The Morgan fingerprint density at radius 3 is 2.42 bits per heavy atom. The summed E-state index contributed by atoms with van der Waals surface area (Å²) in [5.74, 6) is 1.03.